The van der Waals surface area contributed by atoms with Crippen LogP contribution in [0.1, 0.15) is 11.0 Å². The second kappa shape index (κ2) is 15.0. The quantitative estimate of drug-likeness (QED) is 0.164. The van der Waals surface area contributed by atoms with Gasteiger partial charge in [-0.3, -0.25) is 9.13 Å². The third-order valence-corrected chi connectivity index (χ3v) is 14.0. The summed E-state index contributed by atoms with van der Waals surface area (Å²) in [6.07, 6.45) is 0. The molecule has 0 N–H and O–H groups in total. The molecule has 0 spiro atoms. The van der Waals surface area contributed by atoms with Crippen LogP contribution in [0.25, 0.3) is 132 Å². The van der Waals surface area contributed by atoms with Gasteiger partial charge in [-0.1, -0.05) is 170 Å². The zero-order valence-electron chi connectivity index (χ0n) is 45.3. The van der Waals surface area contributed by atoms with Crippen LogP contribution in [0.3, 0.4) is 0 Å². The fourth-order valence-corrected chi connectivity index (χ4v) is 11.2. The van der Waals surface area contributed by atoms with Gasteiger partial charge in [-0.15, -0.1) is 0 Å². The third kappa shape index (κ3) is 5.57. The molecule has 0 amide bonds. The van der Waals surface area contributed by atoms with Crippen LogP contribution in [-0.4, -0.2) is 23.3 Å². The highest BCUT2D eigenvalue weighted by atomic mass is 15.1. The fourth-order valence-electron chi connectivity index (χ4n) is 11.2. The summed E-state index contributed by atoms with van der Waals surface area (Å²) in [6, 6.07) is 65.1. The lowest BCUT2D eigenvalue weighted by molar-refractivity contribution is 1.01. The van der Waals surface area contributed by atoms with Gasteiger partial charge in [0.05, 0.1) is 60.8 Å². The van der Waals surface area contributed by atoms with Crippen molar-refractivity contribution >= 4 is 87.2 Å². The highest BCUT2D eigenvalue weighted by Gasteiger charge is 2.24. The minimum atomic E-state index is -0.514. The number of fused-ring (bicyclic) bond motifs is 12. The molecule has 5 nitrogen and oxygen atoms in total. The summed E-state index contributed by atoms with van der Waals surface area (Å²) in [7, 11) is 0. The van der Waals surface area contributed by atoms with E-state index in [1.165, 1.54) is 4.57 Å². The van der Waals surface area contributed by atoms with Crippen molar-refractivity contribution in [3.63, 3.8) is 0 Å². The fraction of sp³-hybridized carbons (Fsp3) is 0. The first-order valence-electron chi connectivity index (χ1n) is 27.3. The van der Waals surface area contributed by atoms with Gasteiger partial charge in [-0.2, -0.15) is 0 Å². The van der Waals surface area contributed by atoms with E-state index < -0.39 is 48.3 Å². The second-order valence-corrected chi connectivity index (χ2v) is 17.7. The van der Waals surface area contributed by atoms with Crippen molar-refractivity contribution in [3.05, 3.63) is 249 Å². The Morgan fingerprint density at radius 1 is 0.300 bits per heavy atom. The smallest absolute Gasteiger partial charge is 0.140 e. The molecule has 326 valence electrons. The molecule has 0 saturated heterocycles. The average molecular weight is 900 g/mol. The van der Waals surface area contributed by atoms with Crippen molar-refractivity contribution < 1.29 is 11.0 Å². The van der Waals surface area contributed by atoms with Gasteiger partial charge in [0.2, 0.25) is 0 Å². The molecule has 0 saturated carbocycles. The monoisotopic (exact) mass is 899 g/mol. The highest BCUT2D eigenvalue weighted by molar-refractivity contribution is 6.13. The zero-order chi connectivity index (χ0) is 52.8. The molecule has 15 aromatic rings. The lowest BCUT2D eigenvalue weighted by Crippen LogP contribution is -2.06. The third-order valence-electron chi connectivity index (χ3n) is 14.0. The first-order valence-corrected chi connectivity index (χ1v) is 23.3. The van der Waals surface area contributed by atoms with Crippen molar-refractivity contribution in [2.75, 3.05) is 0 Å². The van der Waals surface area contributed by atoms with E-state index in [2.05, 4.69) is 159 Å². The molecule has 0 unspecified atom stereocenters. The summed E-state index contributed by atoms with van der Waals surface area (Å²) < 4.78 is 81.7. The first kappa shape index (κ1) is 31.5. The van der Waals surface area contributed by atoms with Crippen LogP contribution < -0.4 is 0 Å². The summed E-state index contributed by atoms with van der Waals surface area (Å²) >= 11 is 0. The number of nitrogens with zero attached hydrogens (tertiary/aromatic N) is 5. The maximum absolute atomic E-state index is 9.57. The van der Waals surface area contributed by atoms with Crippen molar-refractivity contribution in [2.24, 2.45) is 0 Å². The van der Waals surface area contributed by atoms with Crippen LogP contribution in [0.5, 0.6) is 0 Å². The Hall–Kier alpha value is -9.45. The minimum Gasteiger partial charge on any atom is -0.309 e. The van der Waals surface area contributed by atoms with Crippen molar-refractivity contribution in [3.8, 4) is 45.3 Å². The summed E-state index contributed by atoms with van der Waals surface area (Å²) in [5.41, 5.74) is 11.0. The van der Waals surface area contributed by atoms with Crippen molar-refractivity contribution in [2.45, 2.75) is 0 Å². The van der Waals surface area contributed by atoms with Gasteiger partial charge in [0, 0.05) is 54.3 Å². The number of hydrogen-bond acceptors (Lipinski definition) is 1. The minimum absolute atomic E-state index is 0.0180. The molecule has 0 radical (unpaired) electrons. The van der Waals surface area contributed by atoms with E-state index in [9.17, 15) is 5.48 Å². The summed E-state index contributed by atoms with van der Waals surface area (Å²) in [5, 5.41) is 6.39. The van der Waals surface area contributed by atoms with Crippen LogP contribution in [0, 0.1) is 0 Å². The predicted octanol–water partition coefficient (Wildman–Crippen LogP) is 16.8. The first-order chi connectivity index (χ1) is 38.1. The Balaban J connectivity index is 1.12. The largest absolute Gasteiger partial charge is 0.309 e. The number of rotatable bonds is 6. The molecule has 5 aromatic heterocycles. The number of hydrogen-bond donors (Lipinski definition) is 0. The standard InChI is InChI=1S/C65H41N5/c1-9-30-54-46(21-1)47-22-2-10-31-55(47)67(54)44-20-17-19-42(39-44)45-29-18-38-62(68-56-32-11-3-23-48(56)49-24-4-12-33-57(49)68)65(45)43-40-63(69-58-34-13-5-25-50(58)51-26-6-14-35-59(51)69)66-64(41-43)70-60-36-15-7-27-52(60)53-28-8-16-37-61(53)70/h1-41H/i5D,6D,13D,14D,25D,26D,34D,35D. The topological polar surface area (TPSA) is 32.6 Å². The van der Waals surface area contributed by atoms with E-state index in [-0.39, 0.29) is 27.6 Å². The molecule has 0 aliphatic carbocycles. The molecule has 0 atom stereocenters. The molecule has 5 heterocycles. The normalized spacial score (nSPS) is 13.6. The van der Waals surface area contributed by atoms with Crippen LogP contribution >= 0.6 is 0 Å². The molecule has 0 aliphatic rings. The molecule has 0 fully saturated rings. The summed E-state index contributed by atoms with van der Waals surface area (Å²) in [5.74, 6) is 0.653. The van der Waals surface area contributed by atoms with Gasteiger partial charge in [-0.25, -0.2) is 4.98 Å². The molecule has 0 aliphatic heterocycles. The SMILES string of the molecule is [2H]c1c([2H])c([2H])c2c(c1[2H])c1c([2H])c([2H])c([2H])c([2H])c1n2-c1cc(-c2c(-c3cccc(-n4c5ccccc5c5ccccc54)c3)cccc2-n2c3ccccc3c3ccccc32)cc(-n2c3ccccc3c3ccccc32)n1. The summed E-state index contributed by atoms with van der Waals surface area (Å²) in [4.78, 5) is 5.50. The van der Waals surface area contributed by atoms with Crippen molar-refractivity contribution in [1.29, 1.82) is 0 Å². The van der Waals surface area contributed by atoms with E-state index in [0.717, 1.165) is 93.5 Å². The van der Waals surface area contributed by atoms with Gasteiger partial charge < -0.3 is 9.13 Å². The molecular formula is C65H41N5. The van der Waals surface area contributed by atoms with Gasteiger partial charge in [0.25, 0.3) is 0 Å². The molecule has 70 heavy (non-hydrogen) atoms. The molecule has 15 rings (SSSR count). The molecule has 0 bridgehead atoms. The Labute approximate surface area is 413 Å². The lowest BCUT2D eigenvalue weighted by Gasteiger charge is -2.21. The average Bonchev–Trinajstić information content (AvgIpc) is 4.02. The molecule has 10 aromatic carbocycles. The van der Waals surface area contributed by atoms with E-state index in [1.807, 2.05) is 54.6 Å². The zero-order valence-corrected chi connectivity index (χ0v) is 37.3. The highest BCUT2D eigenvalue weighted by Crippen LogP contribution is 2.44. The number of benzene rings is 10. The lowest BCUT2D eigenvalue weighted by atomic mass is 9.92. The van der Waals surface area contributed by atoms with Crippen LogP contribution in [0.4, 0.5) is 0 Å². The Kier molecular flexibility index (Phi) is 6.76. The second-order valence-electron chi connectivity index (χ2n) is 17.7. The Morgan fingerprint density at radius 3 is 1.19 bits per heavy atom. The molecule has 5 heteroatoms. The van der Waals surface area contributed by atoms with Gasteiger partial charge in [-0.05, 0) is 95.5 Å². The van der Waals surface area contributed by atoms with Gasteiger partial charge in [0.15, 0.2) is 0 Å². The van der Waals surface area contributed by atoms with Gasteiger partial charge >= 0.3 is 0 Å². The Bertz CT molecular complexity index is 4870. The van der Waals surface area contributed by atoms with Crippen molar-refractivity contribution in [1.82, 2.24) is 23.3 Å². The predicted molar refractivity (Wildman–Crippen MR) is 292 cm³/mol. The maximum Gasteiger partial charge on any atom is 0.140 e. The maximum atomic E-state index is 9.57. The van der Waals surface area contributed by atoms with E-state index >= 15 is 0 Å². The number of para-hydroxylation sites is 8. The van der Waals surface area contributed by atoms with Crippen LogP contribution in [0.15, 0.2) is 249 Å². The summed E-state index contributed by atoms with van der Waals surface area (Å²) in [6.45, 7) is 0. The molecular weight excluding hydrogens is 851 g/mol. The Morgan fingerprint density at radius 2 is 0.700 bits per heavy atom. The van der Waals surface area contributed by atoms with E-state index in [1.54, 1.807) is 0 Å². The van der Waals surface area contributed by atoms with E-state index in [0.29, 0.717) is 11.4 Å². The van der Waals surface area contributed by atoms with Crippen LogP contribution in [-0.2, 0) is 0 Å². The number of pyridine rings is 1. The van der Waals surface area contributed by atoms with E-state index in [4.69, 9.17) is 10.5 Å². The van der Waals surface area contributed by atoms with Gasteiger partial charge in [0.1, 0.15) is 11.6 Å². The van der Waals surface area contributed by atoms with Crippen LogP contribution in [0.2, 0.25) is 0 Å². The number of aromatic nitrogens is 5.